The zero-order chi connectivity index (χ0) is 14.3. The fraction of sp³-hybridized carbons (Fsp3) is 0.500. The summed E-state index contributed by atoms with van der Waals surface area (Å²) in [6, 6.07) is 9.82. The summed E-state index contributed by atoms with van der Waals surface area (Å²) in [5.41, 5.74) is 1.10. The number of thiol groups is 1. The van der Waals surface area contributed by atoms with Crippen LogP contribution in [0.15, 0.2) is 30.3 Å². The number of hydrogen-bond donors (Lipinski definition) is 2. The second-order valence-corrected chi connectivity index (χ2v) is 7.02. The van der Waals surface area contributed by atoms with Gasteiger partial charge in [-0.25, -0.2) is 0 Å². The third-order valence-corrected chi connectivity index (χ3v) is 4.78. The van der Waals surface area contributed by atoms with Gasteiger partial charge in [0.25, 0.3) is 0 Å². The summed E-state index contributed by atoms with van der Waals surface area (Å²) in [4.78, 5) is 11.8. The standard InChI is InChI=1S/C14H21NO2S2/c1-11(19(2)17)8-9-15-14(16)13(18)10-12-6-4-3-5-7-12/h3-7,11,13,18H,8-10H2,1-2H3,(H,15,16). The molecule has 3 unspecified atom stereocenters. The van der Waals surface area contributed by atoms with E-state index in [-0.39, 0.29) is 16.4 Å². The van der Waals surface area contributed by atoms with Crippen LogP contribution in [-0.2, 0) is 22.0 Å². The zero-order valence-corrected chi connectivity index (χ0v) is 13.0. The molecule has 0 aliphatic rings. The van der Waals surface area contributed by atoms with Gasteiger partial charge in [-0.3, -0.25) is 9.00 Å². The van der Waals surface area contributed by atoms with Gasteiger partial charge in [0, 0.05) is 28.9 Å². The van der Waals surface area contributed by atoms with Crippen LogP contribution in [0.25, 0.3) is 0 Å². The molecule has 3 atom stereocenters. The van der Waals surface area contributed by atoms with Crippen LogP contribution in [0.4, 0.5) is 0 Å². The Bertz CT molecular complexity index is 423. The molecular weight excluding hydrogens is 278 g/mol. The maximum absolute atomic E-state index is 11.8. The van der Waals surface area contributed by atoms with Crippen LogP contribution in [-0.4, -0.2) is 33.4 Å². The fourth-order valence-corrected chi connectivity index (χ4v) is 2.36. The van der Waals surface area contributed by atoms with Crippen LogP contribution >= 0.6 is 12.6 Å². The van der Waals surface area contributed by atoms with Crippen LogP contribution < -0.4 is 5.32 Å². The first-order valence-electron chi connectivity index (χ1n) is 6.32. The second-order valence-electron chi connectivity index (χ2n) is 4.59. The van der Waals surface area contributed by atoms with Gasteiger partial charge in [0.1, 0.15) is 0 Å². The average molecular weight is 299 g/mol. The van der Waals surface area contributed by atoms with Gasteiger partial charge in [0.2, 0.25) is 5.91 Å². The van der Waals surface area contributed by atoms with E-state index < -0.39 is 10.8 Å². The predicted octanol–water partition coefficient (Wildman–Crippen LogP) is 1.80. The Morgan fingerprint density at radius 3 is 2.58 bits per heavy atom. The number of amides is 1. The van der Waals surface area contributed by atoms with Gasteiger partial charge in [0.15, 0.2) is 0 Å². The Kier molecular flexibility index (Phi) is 7.16. The van der Waals surface area contributed by atoms with Crippen molar-refractivity contribution in [3.8, 4) is 0 Å². The van der Waals surface area contributed by atoms with Gasteiger partial charge in [-0.05, 0) is 18.4 Å². The topological polar surface area (TPSA) is 46.2 Å². The van der Waals surface area contributed by atoms with E-state index in [1.165, 1.54) is 0 Å². The van der Waals surface area contributed by atoms with E-state index in [9.17, 15) is 9.00 Å². The van der Waals surface area contributed by atoms with Crippen molar-refractivity contribution in [2.45, 2.75) is 30.3 Å². The first kappa shape index (κ1) is 16.2. The van der Waals surface area contributed by atoms with Crippen molar-refractivity contribution < 1.29 is 9.00 Å². The van der Waals surface area contributed by atoms with Gasteiger partial charge >= 0.3 is 0 Å². The molecule has 0 heterocycles. The number of hydrogen-bond acceptors (Lipinski definition) is 3. The predicted molar refractivity (Wildman–Crippen MR) is 84.1 cm³/mol. The quantitative estimate of drug-likeness (QED) is 0.754. The summed E-state index contributed by atoms with van der Waals surface area (Å²) < 4.78 is 11.2. The van der Waals surface area contributed by atoms with E-state index in [0.717, 1.165) is 12.0 Å². The Hall–Kier alpha value is -0.810. The first-order chi connectivity index (χ1) is 9.00. The second kappa shape index (κ2) is 8.38. The summed E-state index contributed by atoms with van der Waals surface area (Å²) in [7, 11) is -0.838. The summed E-state index contributed by atoms with van der Waals surface area (Å²) in [6.07, 6.45) is 3.02. The molecule has 1 aromatic rings. The van der Waals surface area contributed by atoms with E-state index in [1.807, 2.05) is 37.3 Å². The first-order valence-corrected chi connectivity index (χ1v) is 8.46. The number of carbonyl (C=O) groups excluding carboxylic acids is 1. The molecule has 1 amide bonds. The van der Waals surface area contributed by atoms with Gasteiger partial charge < -0.3 is 5.32 Å². The lowest BCUT2D eigenvalue weighted by atomic mass is 10.1. The van der Waals surface area contributed by atoms with Crippen LogP contribution in [0.1, 0.15) is 18.9 Å². The molecule has 0 aromatic heterocycles. The molecule has 0 spiro atoms. The number of nitrogens with one attached hydrogen (secondary N) is 1. The van der Waals surface area contributed by atoms with Crippen LogP contribution in [0.5, 0.6) is 0 Å². The molecule has 3 nitrogen and oxygen atoms in total. The summed E-state index contributed by atoms with van der Waals surface area (Å²) in [5.74, 6) is -0.0683. The molecule has 106 valence electrons. The minimum Gasteiger partial charge on any atom is -0.355 e. The van der Waals surface area contributed by atoms with Gasteiger partial charge in [0.05, 0.1) is 5.25 Å². The summed E-state index contributed by atoms with van der Waals surface area (Å²) in [5, 5.41) is 2.60. The molecule has 0 saturated carbocycles. The van der Waals surface area contributed by atoms with E-state index >= 15 is 0 Å². The molecule has 1 rings (SSSR count). The van der Waals surface area contributed by atoms with Crippen molar-refractivity contribution in [3.05, 3.63) is 35.9 Å². The summed E-state index contributed by atoms with van der Waals surface area (Å²) >= 11 is 4.33. The zero-order valence-electron chi connectivity index (χ0n) is 11.3. The monoisotopic (exact) mass is 299 g/mol. The molecule has 0 saturated heterocycles. The van der Waals surface area contributed by atoms with Crippen molar-refractivity contribution in [1.29, 1.82) is 0 Å². The van der Waals surface area contributed by atoms with Gasteiger partial charge in [-0.2, -0.15) is 12.6 Å². The maximum Gasteiger partial charge on any atom is 0.233 e. The van der Waals surface area contributed by atoms with Crippen molar-refractivity contribution in [2.24, 2.45) is 0 Å². The molecule has 0 aliphatic heterocycles. The molecular formula is C14H21NO2S2. The Morgan fingerprint density at radius 2 is 2.00 bits per heavy atom. The molecule has 0 fully saturated rings. The minimum absolute atomic E-state index is 0.0683. The lowest BCUT2D eigenvalue weighted by Gasteiger charge is -2.13. The molecule has 0 radical (unpaired) electrons. The Morgan fingerprint density at radius 1 is 1.37 bits per heavy atom. The van der Waals surface area contributed by atoms with Crippen LogP contribution in [0, 0.1) is 0 Å². The SMILES string of the molecule is CC(CCNC(=O)C(S)Cc1ccccc1)S(C)=O. The van der Waals surface area contributed by atoms with E-state index in [4.69, 9.17) is 0 Å². The third-order valence-electron chi connectivity index (χ3n) is 2.99. The Balaban J connectivity index is 2.31. The largest absolute Gasteiger partial charge is 0.355 e. The highest BCUT2D eigenvalue weighted by Gasteiger charge is 2.14. The van der Waals surface area contributed by atoms with Crippen molar-refractivity contribution >= 4 is 29.3 Å². The lowest BCUT2D eigenvalue weighted by Crippen LogP contribution is -2.34. The van der Waals surface area contributed by atoms with E-state index in [2.05, 4.69) is 17.9 Å². The number of carbonyl (C=O) groups is 1. The van der Waals surface area contributed by atoms with E-state index in [1.54, 1.807) is 6.26 Å². The smallest absolute Gasteiger partial charge is 0.233 e. The van der Waals surface area contributed by atoms with Crippen molar-refractivity contribution in [3.63, 3.8) is 0 Å². The third kappa shape index (κ3) is 6.25. The molecule has 5 heteroatoms. The van der Waals surface area contributed by atoms with Gasteiger partial charge in [-0.1, -0.05) is 37.3 Å². The van der Waals surface area contributed by atoms with Crippen molar-refractivity contribution in [2.75, 3.05) is 12.8 Å². The number of benzene rings is 1. The maximum atomic E-state index is 11.8. The van der Waals surface area contributed by atoms with Crippen molar-refractivity contribution in [1.82, 2.24) is 5.32 Å². The highest BCUT2D eigenvalue weighted by atomic mass is 32.2. The normalized spacial score (nSPS) is 15.5. The highest BCUT2D eigenvalue weighted by molar-refractivity contribution is 7.84. The molecule has 19 heavy (non-hydrogen) atoms. The molecule has 0 aliphatic carbocycles. The van der Waals surface area contributed by atoms with Crippen LogP contribution in [0.2, 0.25) is 0 Å². The molecule has 0 bridgehead atoms. The van der Waals surface area contributed by atoms with Crippen LogP contribution in [0.3, 0.4) is 0 Å². The van der Waals surface area contributed by atoms with E-state index in [0.29, 0.717) is 13.0 Å². The minimum atomic E-state index is -0.838. The highest BCUT2D eigenvalue weighted by Crippen LogP contribution is 2.08. The average Bonchev–Trinajstić information content (AvgIpc) is 2.39. The Labute approximate surface area is 123 Å². The number of rotatable bonds is 7. The fourth-order valence-electron chi connectivity index (χ4n) is 1.61. The lowest BCUT2D eigenvalue weighted by molar-refractivity contribution is -0.120. The summed E-state index contributed by atoms with van der Waals surface area (Å²) in [6.45, 7) is 2.47. The molecule has 1 N–H and O–H groups in total. The molecule has 1 aromatic carbocycles. The van der Waals surface area contributed by atoms with Gasteiger partial charge in [-0.15, -0.1) is 0 Å².